The van der Waals surface area contributed by atoms with Gasteiger partial charge in [0.15, 0.2) is 0 Å². The van der Waals surface area contributed by atoms with E-state index in [-0.39, 0.29) is 12.3 Å². The number of hydrogen-bond acceptors (Lipinski definition) is 5. The van der Waals surface area contributed by atoms with Crippen molar-refractivity contribution in [2.75, 3.05) is 0 Å². The summed E-state index contributed by atoms with van der Waals surface area (Å²) in [6.45, 7) is 0.657. The van der Waals surface area contributed by atoms with Crippen LogP contribution in [-0.4, -0.2) is 14.5 Å². The molecule has 7 heteroatoms. The maximum atomic E-state index is 10.8. The van der Waals surface area contributed by atoms with Crippen molar-refractivity contribution in [3.8, 4) is 11.8 Å². The number of allylic oxidation sites excluding steroid dienone is 1. The van der Waals surface area contributed by atoms with Crippen LogP contribution in [0.3, 0.4) is 0 Å². The highest BCUT2D eigenvalue weighted by Crippen LogP contribution is 2.24. The maximum absolute atomic E-state index is 10.8. The van der Waals surface area contributed by atoms with E-state index < -0.39 is 4.92 Å². The van der Waals surface area contributed by atoms with Crippen LogP contribution in [0.25, 0.3) is 17.1 Å². The molecule has 0 saturated carbocycles. The molecule has 0 aliphatic heterocycles. The van der Waals surface area contributed by atoms with Gasteiger partial charge in [0.1, 0.15) is 12.4 Å². The molecule has 152 valence electrons. The third kappa shape index (κ3) is 4.60. The summed E-state index contributed by atoms with van der Waals surface area (Å²) in [7, 11) is 0. The van der Waals surface area contributed by atoms with E-state index in [0.717, 1.165) is 22.2 Å². The van der Waals surface area contributed by atoms with Crippen LogP contribution >= 0.6 is 0 Å². The number of non-ortho nitro benzene ring substituents is 1. The first kappa shape index (κ1) is 19.9. The van der Waals surface area contributed by atoms with Crippen LogP contribution in [-0.2, 0) is 13.2 Å². The predicted octanol–water partition coefficient (Wildman–Crippen LogP) is 5.13. The molecule has 0 fully saturated rings. The van der Waals surface area contributed by atoms with Crippen LogP contribution in [0.2, 0.25) is 0 Å². The summed E-state index contributed by atoms with van der Waals surface area (Å²) in [6.07, 6.45) is 3.53. The zero-order chi connectivity index (χ0) is 21.6. The molecule has 0 atom stereocenters. The lowest BCUT2D eigenvalue weighted by Gasteiger charge is -2.10. The molecule has 1 aromatic heterocycles. The van der Waals surface area contributed by atoms with E-state index in [0.29, 0.717) is 17.9 Å². The molecule has 0 amide bonds. The first-order valence-corrected chi connectivity index (χ1v) is 9.60. The molecular weight excluding hydrogens is 392 g/mol. The van der Waals surface area contributed by atoms with Crippen LogP contribution < -0.4 is 4.74 Å². The maximum Gasteiger partial charge on any atom is 0.269 e. The summed E-state index contributed by atoms with van der Waals surface area (Å²) in [5.74, 6) is 0.629. The summed E-state index contributed by atoms with van der Waals surface area (Å²) >= 11 is 0. The van der Waals surface area contributed by atoms with Gasteiger partial charge in [-0.2, -0.15) is 5.26 Å². The highest BCUT2D eigenvalue weighted by Gasteiger charge is 2.08. The fourth-order valence-electron chi connectivity index (χ4n) is 3.23. The van der Waals surface area contributed by atoms with E-state index in [1.165, 1.54) is 12.1 Å². The van der Waals surface area contributed by atoms with Gasteiger partial charge in [0.05, 0.1) is 40.5 Å². The molecule has 0 aliphatic rings. The van der Waals surface area contributed by atoms with Gasteiger partial charge in [0.2, 0.25) is 0 Å². The molecule has 0 spiro atoms. The Bertz CT molecular complexity index is 1300. The molecule has 0 N–H and O–H groups in total. The average Bonchev–Trinajstić information content (AvgIpc) is 3.21. The quantitative estimate of drug-likeness (QED) is 0.239. The van der Waals surface area contributed by atoms with Crippen molar-refractivity contribution in [1.82, 2.24) is 9.55 Å². The number of nitro benzene ring substituents is 1. The molecule has 0 radical (unpaired) electrons. The Labute approximate surface area is 178 Å². The van der Waals surface area contributed by atoms with Crippen molar-refractivity contribution in [1.29, 1.82) is 5.26 Å². The topological polar surface area (TPSA) is 94.0 Å². The lowest BCUT2D eigenvalue weighted by atomic mass is 10.1. The standard InChI is InChI=1S/C24H18N4O3/c25-14-19(15-27-17-26-22-6-2-3-7-23(22)27)13-20-5-1-4-8-24(20)31-16-18-9-11-21(12-10-18)28(29)30/h1-13,17H,15-16H2/b19-13-. The van der Waals surface area contributed by atoms with Crippen molar-refractivity contribution in [2.45, 2.75) is 13.2 Å². The minimum atomic E-state index is -0.433. The number of para-hydroxylation sites is 3. The summed E-state index contributed by atoms with van der Waals surface area (Å²) < 4.78 is 7.87. The van der Waals surface area contributed by atoms with E-state index in [1.807, 2.05) is 53.1 Å². The molecule has 0 bridgehead atoms. The number of rotatable bonds is 7. The van der Waals surface area contributed by atoms with Gasteiger partial charge in [-0.15, -0.1) is 0 Å². The summed E-state index contributed by atoms with van der Waals surface area (Å²) in [6, 6.07) is 23.7. The third-order valence-corrected chi connectivity index (χ3v) is 4.80. The lowest BCUT2D eigenvalue weighted by molar-refractivity contribution is -0.384. The molecule has 4 rings (SSSR count). The molecule has 0 unspecified atom stereocenters. The first-order chi connectivity index (χ1) is 15.1. The van der Waals surface area contributed by atoms with E-state index in [4.69, 9.17) is 4.74 Å². The number of nitro groups is 1. The average molecular weight is 410 g/mol. The fourth-order valence-corrected chi connectivity index (χ4v) is 3.23. The van der Waals surface area contributed by atoms with Crippen LogP contribution in [0.15, 0.2) is 84.7 Å². The second-order valence-electron chi connectivity index (χ2n) is 6.89. The minimum Gasteiger partial charge on any atom is -0.488 e. The first-order valence-electron chi connectivity index (χ1n) is 9.60. The van der Waals surface area contributed by atoms with Gasteiger partial charge in [0.25, 0.3) is 5.69 Å². The minimum absolute atomic E-state index is 0.0396. The number of imidazole rings is 1. The number of fused-ring (bicyclic) bond motifs is 1. The summed E-state index contributed by atoms with van der Waals surface area (Å²) in [5.41, 5.74) is 4.05. The molecule has 1 heterocycles. The van der Waals surface area contributed by atoms with E-state index in [1.54, 1.807) is 24.5 Å². The number of benzene rings is 3. The highest BCUT2D eigenvalue weighted by molar-refractivity contribution is 5.75. The van der Waals surface area contributed by atoms with Crippen LogP contribution in [0, 0.1) is 21.4 Å². The number of aromatic nitrogens is 2. The Morgan fingerprint density at radius 3 is 2.61 bits per heavy atom. The van der Waals surface area contributed by atoms with Gasteiger partial charge in [0, 0.05) is 17.7 Å². The van der Waals surface area contributed by atoms with Gasteiger partial charge in [-0.1, -0.05) is 30.3 Å². The Hall–Kier alpha value is -4.44. The van der Waals surface area contributed by atoms with Gasteiger partial charge in [-0.25, -0.2) is 4.98 Å². The Morgan fingerprint density at radius 2 is 1.84 bits per heavy atom. The molecule has 0 saturated heterocycles. The molecular formula is C24H18N4O3. The molecule has 3 aromatic carbocycles. The fraction of sp³-hybridized carbons (Fsp3) is 0.0833. The van der Waals surface area contributed by atoms with Crippen LogP contribution in [0.1, 0.15) is 11.1 Å². The molecule has 4 aromatic rings. The zero-order valence-corrected chi connectivity index (χ0v) is 16.5. The largest absolute Gasteiger partial charge is 0.488 e. The molecule has 7 nitrogen and oxygen atoms in total. The number of nitriles is 1. The van der Waals surface area contributed by atoms with E-state index >= 15 is 0 Å². The van der Waals surface area contributed by atoms with E-state index in [2.05, 4.69) is 11.1 Å². The highest BCUT2D eigenvalue weighted by atomic mass is 16.6. The van der Waals surface area contributed by atoms with Gasteiger partial charge < -0.3 is 9.30 Å². The monoisotopic (exact) mass is 410 g/mol. The molecule has 31 heavy (non-hydrogen) atoms. The number of nitrogens with zero attached hydrogens (tertiary/aromatic N) is 4. The van der Waals surface area contributed by atoms with Crippen LogP contribution in [0.5, 0.6) is 5.75 Å². The van der Waals surface area contributed by atoms with Crippen molar-refractivity contribution in [3.05, 3.63) is 106 Å². The van der Waals surface area contributed by atoms with E-state index in [9.17, 15) is 15.4 Å². The summed E-state index contributed by atoms with van der Waals surface area (Å²) in [5, 5.41) is 20.5. The lowest BCUT2D eigenvalue weighted by Crippen LogP contribution is -2.00. The second-order valence-corrected chi connectivity index (χ2v) is 6.89. The number of ether oxygens (including phenoxy) is 1. The van der Waals surface area contributed by atoms with Gasteiger partial charge >= 0.3 is 0 Å². The smallest absolute Gasteiger partial charge is 0.269 e. The van der Waals surface area contributed by atoms with Crippen molar-refractivity contribution >= 4 is 22.8 Å². The van der Waals surface area contributed by atoms with Crippen molar-refractivity contribution in [2.24, 2.45) is 0 Å². The van der Waals surface area contributed by atoms with Gasteiger partial charge in [-0.3, -0.25) is 10.1 Å². The normalized spacial score (nSPS) is 11.3. The third-order valence-electron chi connectivity index (χ3n) is 4.80. The van der Waals surface area contributed by atoms with Gasteiger partial charge in [-0.05, 0) is 42.0 Å². The second kappa shape index (κ2) is 8.93. The zero-order valence-electron chi connectivity index (χ0n) is 16.5. The molecule has 0 aliphatic carbocycles. The number of hydrogen-bond donors (Lipinski definition) is 0. The SMILES string of the molecule is N#C/C(=C/c1ccccc1OCc1ccc([N+](=O)[O-])cc1)Cn1cnc2ccccc21. The Balaban J connectivity index is 1.53. The summed E-state index contributed by atoms with van der Waals surface area (Å²) in [4.78, 5) is 14.7. The Kier molecular flexibility index (Phi) is 5.72. The Morgan fingerprint density at radius 1 is 1.10 bits per heavy atom. The predicted molar refractivity (Wildman–Crippen MR) is 117 cm³/mol. The van der Waals surface area contributed by atoms with Crippen molar-refractivity contribution < 1.29 is 9.66 Å². The van der Waals surface area contributed by atoms with Crippen molar-refractivity contribution in [3.63, 3.8) is 0 Å². The van der Waals surface area contributed by atoms with Crippen LogP contribution in [0.4, 0.5) is 5.69 Å².